The number of amidine groups is 2. The summed E-state index contributed by atoms with van der Waals surface area (Å²) in [6, 6.07) is 7.48. The van der Waals surface area contributed by atoms with Crippen LogP contribution >= 0.6 is 22.9 Å². The van der Waals surface area contributed by atoms with Crippen LogP contribution in [-0.4, -0.2) is 23.4 Å². The molecule has 2 heterocycles. The fourth-order valence-electron chi connectivity index (χ4n) is 3.46. The van der Waals surface area contributed by atoms with Gasteiger partial charge in [-0.05, 0) is 50.8 Å². The van der Waals surface area contributed by atoms with Crippen molar-refractivity contribution in [3.8, 4) is 0 Å². The largest absolute Gasteiger partial charge is 0.288 e. The van der Waals surface area contributed by atoms with Crippen LogP contribution in [0.25, 0.3) is 0 Å². The number of nitrogens with zero attached hydrogens (tertiary/aromatic N) is 2. The van der Waals surface area contributed by atoms with Crippen LogP contribution in [0.4, 0.5) is 5.00 Å². The summed E-state index contributed by atoms with van der Waals surface area (Å²) in [5.41, 5.74) is 4.10. The van der Waals surface area contributed by atoms with Gasteiger partial charge in [-0.2, -0.15) is 0 Å². The van der Waals surface area contributed by atoms with Crippen molar-refractivity contribution >= 4 is 45.3 Å². The number of rotatable bonds is 4. The topological polar surface area (TPSA) is 63.3 Å². The monoisotopic (exact) mass is 414 g/mol. The van der Waals surface area contributed by atoms with Crippen LogP contribution in [-0.2, 0) is 0 Å². The minimum absolute atomic E-state index is 0.278. The van der Waals surface area contributed by atoms with Crippen LogP contribution in [0.1, 0.15) is 55.2 Å². The maximum atomic E-state index is 8.90. The Kier molecular flexibility index (Phi) is 6.06. The molecule has 4 nitrogen and oxygen atoms in total. The van der Waals surface area contributed by atoms with Crippen LogP contribution in [0.3, 0.4) is 0 Å². The first kappa shape index (κ1) is 20.7. The number of anilines is 1. The Morgan fingerprint density at radius 1 is 1.29 bits per heavy atom. The molecule has 1 aromatic carbocycles. The average Bonchev–Trinajstić information content (AvgIpc) is 2.86. The van der Waals surface area contributed by atoms with E-state index in [1.54, 1.807) is 23.2 Å². The van der Waals surface area contributed by atoms with Gasteiger partial charge in [0.05, 0.1) is 5.71 Å². The Bertz CT molecular complexity index is 942. The first-order valence-corrected chi connectivity index (χ1v) is 10.8. The predicted octanol–water partition coefficient (Wildman–Crippen LogP) is 6.45. The Morgan fingerprint density at radius 3 is 2.50 bits per heavy atom. The van der Waals surface area contributed by atoms with Crippen molar-refractivity contribution in [2.24, 2.45) is 10.9 Å². The molecule has 0 fully saturated rings. The van der Waals surface area contributed by atoms with Gasteiger partial charge in [-0.3, -0.25) is 20.7 Å². The molecule has 6 heteroatoms. The molecule has 0 spiro atoms. The second kappa shape index (κ2) is 8.18. The Morgan fingerprint density at radius 2 is 1.93 bits per heavy atom. The lowest BCUT2D eigenvalue weighted by molar-refractivity contribution is 0.498. The lowest BCUT2D eigenvalue weighted by Gasteiger charge is -2.26. The van der Waals surface area contributed by atoms with Crippen molar-refractivity contribution in [2.45, 2.75) is 53.5 Å². The van der Waals surface area contributed by atoms with E-state index in [2.05, 4.69) is 27.7 Å². The number of fused-ring (bicyclic) bond motifs is 1. The van der Waals surface area contributed by atoms with Gasteiger partial charge in [0.25, 0.3) is 0 Å². The summed E-state index contributed by atoms with van der Waals surface area (Å²) < 4.78 is 0. The maximum Gasteiger partial charge on any atom is 0.132 e. The van der Waals surface area contributed by atoms with Crippen molar-refractivity contribution < 1.29 is 0 Å². The molecule has 1 unspecified atom stereocenters. The number of halogens is 1. The van der Waals surface area contributed by atoms with Crippen LogP contribution in [0, 0.1) is 30.6 Å². The molecule has 0 saturated carbocycles. The highest BCUT2D eigenvalue weighted by Gasteiger charge is 2.34. The number of hydrogen-bond donors (Lipinski definition) is 2. The number of thiophene rings is 1. The summed E-state index contributed by atoms with van der Waals surface area (Å²) in [5.74, 6) is 1.20. The van der Waals surface area contributed by atoms with Gasteiger partial charge in [0, 0.05) is 21.0 Å². The van der Waals surface area contributed by atoms with E-state index in [-0.39, 0.29) is 6.04 Å². The van der Waals surface area contributed by atoms with Gasteiger partial charge in [0.1, 0.15) is 22.7 Å². The van der Waals surface area contributed by atoms with Gasteiger partial charge < -0.3 is 0 Å². The summed E-state index contributed by atoms with van der Waals surface area (Å²) >= 11 is 7.75. The molecule has 0 radical (unpaired) electrons. The van der Waals surface area contributed by atoms with Crippen molar-refractivity contribution in [2.75, 3.05) is 4.90 Å². The molecule has 0 saturated heterocycles. The second-order valence-corrected chi connectivity index (χ2v) is 9.16. The Labute approximate surface area is 176 Å². The van der Waals surface area contributed by atoms with Gasteiger partial charge in [-0.15, -0.1) is 11.3 Å². The summed E-state index contributed by atoms with van der Waals surface area (Å²) in [6.07, 6.45) is 1.84. The van der Waals surface area contributed by atoms with Crippen LogP contribution < -0.4 is 4.90 Å². The summed E-state index contributed by atoms with van der Waals surface area (Å²) in [5, 5.41) is 18.9. The molecule has 0 bridgehead atoms. The normalized spacial score (nSPS) is 17.8. The zero-order chi connectivity index (χ0) is 20.6. The molecule has 1 aliphatic heterocycles. The maximum absolute atomic E-state index is 8.90. The van der Waals surface area contributed by atoms with Crippen molar-refractivity contribution in [3.05, 3.63) is 50.9 Å². The predicted molar refractivity (Wildman–Crippen MR) is 122 cm³/mol. The fourth-order valence-corrected chi connectivity index (χ4v) is 4.81. The van der Waals surface area contributed by atoms with Crippen LogP contribution in [0.2, 0.25) is 5.02 Å². The van der Waals surface area contributed by atoms with Gasteiger partial charge in [-0.25, -0.2) is 0 Å². The third-order valence-corrected chi connectivity index (χ3v) is 6.87. The number of hydrogen-bond acceptors (Lipinski definition) is 4. The van der Waals surface area contributed by atoms with E-state index in [0.29, 0.717) is 22.6 Å². The second-order valence-electron chi connectivity index (χ2n) is 7.52. The summed E-state index contributed by atoms with van der Waals surface area (Å²) in [4.78, 5) is 8.07. The zero-order valence-corrected chi connectivity index (χ0v) is 18.6. The number of nitrogens with one attached hydrogen (secondary N) is 2. The molecule has 0 aliphatic carbocycles. The smallest absolute Gasteiger partial charge is 0.132 e. The van der Waals surface area contributed by atoms with E-state index in [0.717, 1.165) is 40.2 Å². The molecular weight excluding hydrogens is 388 g/mol. The molecule has 1 aliphatic rings. The standard InChI is InChI=1S/C22H27ClN4S/c1-6-12(2)11-18-21(25)27(15(5)24)22-19(13(3)14(4)28-22)20(26-18)16-7-9-17(23)10-8-16/h7-10,12,18,24-25H,6,11H2,1-5H3/t12?,18-/m0/s1. The van der Waals surface area contributed by atoms with E-state index in [4.69, 9.17) is 27.4 Å². The molecule has 0 amide bonds. The lowest BCUT2D eigenvalue weighted by Crippen LogP contribution is -2.40. The molecule has 3 rings (SSSR count). The van der Waals surface area contributed by atoms with Gasteiger partial charge in [0.2, 0.25) is 0 Å². The lowest BCUT2D eigenvalue weighted by atomic mass is 9.97. The quantitative estimate of drug-likeness (QED) is 0.437. The number of aliphatic imine (C=N–C) groups is 1. The fraction of sp³-hybridized carbons (Fsp3) is 0.409. The van der Waals surface area contributed by atoms with E-state index >= 15 is 0 Å². The minimum atomic E-state index is -0.278. The highest BCUT2D eigenvalue weighted by Crippen LogP contribution is 2.40. The van der Waals surface area contributed by atoms with Crippen LogP contribution in [0.15, 0.2) is 29.3 Å². The third kappa shape index (κ3) is 3.78. The minimum Gasteiger partial charge on any atom is -0.288 e. The number of benzene rings is 1. The summed E-state index contributed by atoms with van der Waals surface area (Å²) in [6.45, 7) is 10.3. The van der Waals surface area contributed by atoms with E-state index < -0.39 is 0 Å². The average molecular weight is 415 g/mol. The molecule has 2 atom stereocenters. The Hall–Kier alpha value is -1.98. The molecule has 148 valence electrons. The van der Waals surface area contributed by atoms with Gasteiger partial charge >= 0.3 is 0 Å². The van der Waals surface area contributed by atoms with Gasteiger partial charge in [0.15, 0.2) is 0 Å². The molecule has 1 aromatic heterocycles. The Balaban J connectivity index is 2.27. The molecule has 28 heavy (non-hydrogen) atoms. The first-order valence-electron chi connectivity index (χ1n) is 9.62. The molecule has 2 aromatic rings. The summed E-state index contributed by atoms with van der Waals surface area (Å²) in [7, 11) is 0. The van der Waals surface area contributed by atoms with Crippen molar-refractivity contribution in [1.29, 1.82) is 10.8 Å². The molecule has 2 N–H and O–H groups in total. The molecular formula is C22H27ClN4S. The number of aryl methyl sites for hydroxylation is 1. The van der Waals surface area contributed by atoms with Crippen LogP contribution in [0.5, 0.6) is 0 Å². The zero-order valence-electron chi connectivity index (χ0n) is 17.1. The van der Waals surface area contributed by atoms with Crippen molar-refractivity contribution in [1.82, 2.24) is 0 Å². The first-order chi connectivity index (χ1) is 13.2. The highest BCUT2D eigenvalue weighted by molar-refractivity contribution is 7.17. The van der Waals surface area contributed by atoms with Gasteiger partial charge in [-0.1, -0.05) is 44.0 Å². The van der Waals surface area contributed by atoms with E-state index in [1.807, 2.05) is 24.3 Å². The van der Waals surface area contributed by atoms with E-state index in [9.17, 15) is 0 Å². The highest BCUT2D eigenvalue weighted by atomic mass is 35.5. The van der Waals surface area contributed by atoms with Crippen molar-refractivity contribution in [3.63, 3.8) is 0 Å². The SMILES string of the molecule is CCC(C)C[C@@H]1N=C(c2ccc(Cl)cc2)c2c(sc(C)c2C)N(C(C)=N)C1=N. The third-order valence-electron chi connectivity index (χ3n) is 5.42. The van der Waals surface area contributed by atoms with E-state index in [1.165, 1.54) is 4.88 Å².